The summed E-state index contributed by atoms with van der Waals surface area (Å²) in [6.45, 7) is 10.8. The Balaban J connectivity index is 1.56. The summed E-state index contributed by atoms with van der Waals surface area (Å²) in [6.07, 6.45) is 3.98. The Morgan fingerprint density at radius 3 is 2.52 bits per heavy atom. The molecule has 0 aliphatic heterocycles. The molecule has 0 amide bonds. The van der Waals surface area contributed by atoms with Crippen LogP contribution in [0.15, 0.2) is 24.3 Å². The van der Waals surface area contributed by atoms with Crippen LogP contribution in [0.3, 0.4) is 0 Å². The van der Waals surface area contributed by atoms with Gasteiger partial charge in [-0.15, -0.1) is 0 Å². The molecule has 0 bridgehead atoms. The highest BCUT2D eigenvalue weighted by atomic mass is 16.5. The maximum absolute atomic E-state index is 5.46. The molecule has 1 aromatic carbocycles. The lowest BCUT2D eigenvalue weighted by atomic mass is 10.1. The van der Waals surface area contributed by atoms with Crippen LogP contribution in [0.4, 0.5) is 0 Å². The topological polar surface area (TPSA) is 24.5 Å². The molecule has 118 valence electrons. The van der Waals surface area contributed by atoms with Gasteiger partial charge in [0.2, 0.25) is 0 Å². The maximum atomic E-state index is 5.46. The summed E-state index contributed by atoms with van der Waals surface area (Å²) < 4.78 is 5.46. The fraction of sp³-hybridized carbons (Fsp3) is 0.667. The SMILES string of the molecule is CCOc1ccc(CCNCCN(CC)CC2CC2)cc1. The smallest absolute Gasteiger partial charge is 0.119 e. The summed E-state index contributed by atoms with van der Waals surface area (Å²) in [5, 5.41) is 3.56. The minimum absolute atomic E-state index is 0.732. The molecule has 1 N–H and O–H groups in total. The van der Waals surface area contributed by atoms with E-state index in [2.05, 4.69) is 41.4 Å². The van der Waals surface area contributed by atoms with E-state index in [4.69, 9.17) is 4.74 Å². The predicted molar refractivity (Wildman–Crippen MR) is 89.0 cm³/mol. The fourth-order valence-corrected chi connectivity index (χ4v) is 2.56. The number of hydrogen-bond donors (Lipinski definition) is 1. The Morgan fingerprint density at radius 2 is 1.90 bits per heavy atom. The van der Waals surface area contributed by atoms with Gasteiger partial charge in [0.25, 0.3) is 0 Å². The van der Waals surface area contributed by atoms with Gasteiger partial charge in [0, 0.05) is 19.6 Å². The summed E-state index contributed by atoms with van der Waals surface area (Å²) in [6, 6.07) is 8.46. The molecular formula is C18H30N2O. The van der Waals surface area contributed by atoms with E-state index in [1.54, 1.807) is 0 Å². The second-order valence-corrected chi connectivity index (χ2v) is 5.91. The molecule has 0 aromatic heterocycles. The Hall–Kier alpha value is -1.06. The third-order valence-electron chi connectivity index (χ3n) is 4.09. The lowest BCUT2D eigenvalue weighted by molar-refractivity contribution is 0.276. The molecule has 1 fully saturated rings. The van der Waals surface area contributed by atoms with Crippen LogP contribution < -0.4 is 10.1 Å². The first-order valence-electron chi connectivity index (χ1n) is 8.46. The van der Waals surface area contributed by atoms with Gasteiger partial charge in [-0.25, -0.2) is 0 Å². The Labute approximate surface area is 129 Å². The molecule has 1 aromatic rings. The van der Waals surface area contributed by atoms with E-state index in [-0.39, 0.29) is 0 Å². The second kappa shape index (κ2) is 9.06. The molecule has 21 heavy (non-hydrogen) atoms. The van der Waals surface area contributed by atoms with Crippen molar-refractivity contribution in [3.63, 3.8) is 0 Å². The van der Waals surface area contributed by atoms with Gasteiger partial charge in [0.1, 0.15) is 5.75 Å². The van der Waals surface area contributed by atoms with Crippen molar-refractivity contribution in [2.75, 3.05) is 39.3 Å². The van der Waals surface area contributed by atoms with Crippen molar-refractivity contribution >= 4 is 0 Å². The molecule has 3 heteroatoms. The number of likely N-dealkylation sites (N-methyl/N-ethyl adjacent to an activating group) is 1. The first-order valence-corrected chi connectivity index (χ1v) is 8.46. The highest BCUT2D eigenvalue weighted by molar-refractivity contribution is 5.27. The Morgan fingerprint density at radius 1 is 1.14 bits per heavy atom. The van der Waals surface area contributed by atoms with Gasteiger partial charge in [0.15, 0.2) is 0 Å². The van der Waals surface area contributed by atoms with Crippen LogP contribution in [0, 0.1) is 5.92 Å². The van der Waals surface area contributed by atoms with Crippen LogP contribution >= 0.6 is 0 Å². The van der Waals surface area contributed by atoms with Crippen LogP contribution in [0.25, 0.3) is 0 Å². The van der Waals surface area contributed by atoms with Crippen LogP contribution in [0.5, 0.6) is 5.75 Å². The van der Waals surface area contributed by atoms with E-state index in [1.807, 2.05) is 6.92 Å². The molecule has 3 nitrogen and oxygen atoms in total. The van der Waals surface area contributed by atoms with Crippen molar-refractivity contribution in [2.45, 2.75) is 33.1 Å². The van der Waals surface area contributed by atoms with Crippen LogP contribution in [0.1, 0.15) is 32.3 Å². The Bertz CT molecular complexity index is 387. The molecule has 0 radical (unpaired) electrons. The third kappa shape index (κ3) is 6.49. The number of rotatable bonds is 11. The zero-order valence-electron chi connectivity index (χ0n) is 13.6. The normalized spacial score (nSPS) is 14.6. The molecule has 0 spiro atoms. The van der Waals surface area contributed by atoms with E-state index in [9.17, 15) is 0 Å². The average molecular weight is 290 g/mol. The summed E-state index contributed by atoms with van der Waals surface area (Å²) in [4.78, 5) is 2.57. The second-order valence-electron chi connectivity index (χ2n) is 5.91. The summed E-state index contributed by atoms with van der Waals surface area (Å²) in [5.74, 6) is 1.96. The largest absolute Gasteiger partial charge is 0.494 e. The van der Waals surface area contributed by atoms with Crippen molar-refractivity contribution in [2.24, 2.45) is 5.92 Å². The molecule has 1 aliphatic rings. The van der Waals surface area contributed by atoms with Crippen LogP contribution in [-0.4, -0.2) is 44.2 Å². The molecule has 2 rings (SSSR count). The van der Waals surface area contributed by atoms with Gasteiger partial charge in [-0.05, 0) is 62.9 Å². The number of nitrogens with zero attached hydrogens (tertiary/aromatic N) is 1. The summed E-state index contributed by atoms with van der Waals surface area (Å²) >= 11 is 0. The van der Waals surface area contributed by atoms with E-state index in [0.717, 1.165) is 37.8 Å². The highest BCUT2D eigenvalue weighted by Gasteiger charge is 2.23. The number of benzene rings is 1. The van der Waals surface area contributed by atoms with Crippen molar-refractivity contribution in [3.8, 4) is 5.75 Å². The van der Waals surface area contributed by atoms with Crippen molar-refractivity contribution in [1.29, 1.82) is 0 Å². The highest BCUT2D eigenvalue weighted by Crippen LogP contribution is 2.29. The summed E-state index contributed by atoms with van der Waals surface area (Å²) in [7, 11) is 0. The molecule has 0 saturated heterocycles. The van der Waals surface area contributed by atoms with Crippen LogP contribution in [0.2, 0.25) is 0 Å². The van der Waals surface area contributed by atoms with E-state index >= 15 is 0 Å². The number of nitrogens with one attached hydrogen (secondary N) is 1. The lowest BCUT2D eigenvalue weighted by Crippen LogP contribution is -2.34. The minimum Gasteiger partial charge on any atom is -0.494 e. The molecule has 0 heterocycles. The van der Waals surface area contributed by atoms with E-state index in [0.29, 0.717) is 0 Å². The van der Waals surface area contributed by atoms with E-state index < -0.39 is 0 Å². The lowest BCUT2D eigenvalue weighted by Gasteiger charge is -2.20. The van der Waals surface area contributed by atoms with Crippen molar-refractivity contribution in [1.82, 2.24) is 10.2 Å². The van der Waals surface area contributed by atoms with Gasteiger partial charge in [-0.1, -0.05) is 19.1 Å². The standard InChI is InChI=1S/C18H30N2O/c1-3-20(15-17-5-6-17)14-13-19-12-11-16-7-9-18(10-8-16)21-4-2/h7-10,17,19H,3-6,11-15H2,1-2H3. The molecule has 1 saturated carbocycles. The molecular weight excluding hydrogens is 260 g/mol. The zero-order valence-corrected chi connectivity index (χ0v) is 13.6. The zero-order chi connectivity index (χ0) is 14.9. The first kappa shape index (κ1) is 16.3. The van der Waals surface area contributed by atoms with Crippen LogP contribution in [-0.2, 0) is 6.42 Å². The Kier molecular flexibility index (Phi) is 7.04. The van der Waals surface area contributed by atoms with Gasteiger partial charge in [0.05, 0.1) is 6.61 Å². The molecule has 0 atom stereocenters. The summed E-state index contributed by atoms with van der Waals surface area (Å²) in [5.41, 5.74) is 1.37. The molecule has 1 aliphatic carbocycles. The number of ether oxygens (including phenoxy) is 1. The average Bonchev–Trinajstić information content (AvgIpc) is 3.31. The quantitative estimate of drug-likeness (QED) is 0.634. The van der Waals surface area contributed by atoms with Crippen molar-refractivity contribution < 1.29 is 4.74 Å². The number of hydrogen-bond acceptors (Lipinski definition) is 3. The fourth-order valence-electron chi connectivity index (χ4n) is 2.56. The van der Waals surface area contributed by atoms with Gasteiger partial charge >= 0.3 is 0 Å². The van der Waals surface area contributed by atoms with Gasteiger partial charge in [-0.3, -0.25) is 0 Å². The van der Waals surface area contributed by atoms with E-state index in [1.165, 1.54) is 38.0 Å². The first-order chi connectivity index (χ1) is 10.3. The van der Waals surface area contributed by atoms with Gasteiger partial charge < -0.3 is 15.0 Å². The van der Waals surface area contributed by atoms with Gasteiger partial charge in [-0.2, -0.15) is 0 Å². The monoisotopic (exact) mass is 290 g/mol. The minimum atomic E-state index is 0.732. The third-order valence-corrected chi connectivity index (χ3v) is 4.09. The molecule has 0 unspecified atom stereocenters. The predicted octanol–water partition coefficient (Wildman–Crippen LogP) is 2.95. The maximum Gasteiger partial charge on any atom is 0.119 e. The van der Waals surface area contributed by atoms with Crippen molar-refractivity contribution in [3.05, 3.63) is 29.8 Å².